The Balaban J connectivity index is 1.47. The standard InChI is InChI=1S/C31H35N5O8S/c37-30(38)26-5-1-3-24(33-26)20-35-9-13-41-17-18-42-14-10-36(21-25-4-2-6-27(34-25)31(39)40)12-16-44-29-19-23(32-22-45)7-8-28(29)43-15-11-35/h1-8,19H,9-18,20-21H2,(H,37,38)(H,39,40). The normalized spacial score (nSPS) is 16.1. The molecule has 0 saturated heterocycles. The van der Waals surface area contributed by atoms with Crippen LogP contribution in [0.25, 0.3) is 0 Å². The topological polar surface area (TPSA) is 156 Å². The highest BCUT2D eigenvalue weighted by Crippen LogP contribution is 2.32. The molecule has 2 N–H and O–H groups in total. The molecule has 0 radical (unpaired) electrons. The van der Waals surface area contributed by atoms with Crippen molar-refractivity contribution in [2.24, 2.45) is 4.99 Å². The van der Waals surface area contributed by atoms with Crippen molar-refractivity contribution in [3.8, 4) is 11.5 Å². The van der Waals surface area contributed by atoms with Gasteiger partial charge < -0.3 is 29.2 Å². The van der Waals surface area contributed by atoms with Crippen LogP contribution in [0.3, 0.4) is 0 Å². The zero-order valence-electron chi connectivity index (χ0n) is 24.7. The Bertz CT molecular complexity index is 1490. The maximum atomic E-state index is 11.4. The highest BCUT2D eigenvalue weighted by atomic mass is 32.1. The van der Waals surface area contributed by atoms with Gasteiger partial charge in [0.2, 0.25) is 0 Å². The summed E-state index contributed by atoms with van der Waals surface area (Å²) in [6.45, 7) is 5.20. The maximum Gasteiger partial charge on any atom is 0.354 e. The molecule has 14 heteroatoms. The van der Waals surface area contributed by atoms with E-state index in [1.165, 1.54) is 12.1 Å². The molecule has 238 valence electrons. The first kappa shape index (κ1) is 33.6. The number of carboxylic acids is 2. The summed E-state index contributed by atoms with van der Waals surface area (Å²) in [7, 11) is 0. The van der Waals surface area contributed by atoms with Crippen LogP contribution in [0.4, 0.5) is 5.69 Å². The molecule has 0 fully saturated rings. The van der Waals surface area contributed by atoms with Crippen LogP contribution in [-0.4, -0.2) is 113 Å². The number of aliphatic imine (C=N–C) groups is 1. The van der Waals surface area contributed by atoms with Crippen LogP contribution in [0.15, 0.2) is 59.6 Å². The Morgan fingerprint density at radius 2 is 1.24 bits per heavy atom. The summed E-state index contributed by atoms with van der Waals surface area (Å²) in [4.78, 5) is 39.5. The molecule has 0 saturated carbocycles. The van der Waals surface area contributed by atoms with Crippen molar-refractivity contribution in [1.82, 2.24) is 19.8 Å². The van der Waals surface area contributed by atoms with E-state index in [4.69, 9.17) is 31.2 Å². The second kappa shape index (κ2) is 17.9. The van der Waals surface area contributed by atoms with Gasteiger partial charge in [0.05, 0.1) is 48.7 Å². The monoisotopic (exact) mass is 637 g/mol. The van der Waals surface area contributed by atoms with Gasteiger partial charge in [-0.3, -0.25) is 9.80 Å². The quantitative estimate of drug-likeness (QED) is 0.287. The Labute approximate surface area is 266 Å². The molecule has 0 unspecified atom stereocenters. The molecule has 0 spiro atoms. The Morgan fingerprint density at radius 3 is 1.76 bits per heavy atom. The van der Waals surface area contributed by atoms with Crippen LogP contribution >= 0.6 is 12.2 Å². The molecule has 0 bridgehead atoms. The average molecular weight is 638 g/mol. The minimum absolute atomic E-state index is 0.0111. The number of fused-ring (bicyclic) bond motifs is 1. The lowest BCUT2D eigenvalue weighted by Crippen LogP contribution is -2.33. The third-order valence-electron chi connectivity index (χ3n) is 6.73. The second-order valence-corrected chi connectivity index (χ2v) is 10.1. The smallest absolute Gasteiger partial charge is 0.354 e. The van der Waals surface area contributed by atoms with Crippen molar-refractivity contribution in [3.63, 3.8) is 0 Å². The van der Waals surface area contributed by atoms with Crippen LogP contribution < -0.4 is 9.47 Å². The van der Waals surface area contributed by atoms with Gasteiger partial charge in [-0.05, 0) is 48.6 Å². The van der Waals surface area contributed by atoms with Crippen LogP contribution in [0.2, 0.25) is 0 Å². The fourth-order valence-corrected chi connectivity index (χ4v) is 4.61. The molecule has 13 nitrogen and oxygen atoms in total. The number of carboxylic acid groups (broad SMARTS) is 2. The molecule has 0 atom stereocenters. The first-order chi connectivity index (χ1) is 21.9. The second-order valence-electron chi connectivity index (χ2n) is 9.95. The van der Waals surface area contributed by atoms with Crippen LogP contribution in [0.1, 0.15) is 32.4 Å². The first-order valence-corrected chi connectivity index (χ1v) is 14.8. The number of aromatic nitrogens is 2. The number of nitrogens with zero attached hydrogens (tertiary/aromatic N) is 5. The molecular formula is C31H35N5O8S. The molecule has 0 amide bonds. The van der Waals surface area contributed by atoms with E-state index in [1.807, 2.05) is 0 Å². The zero-order valence-corrected chi connectivity index (χ0v) is 25.5. The van der Waals surface area contributed by atoms with Crippen molar-refractivity contribution < 1.29 is 38.7 Å². The molecule has 3 aromatic rings. The molecule has 45 heavy (non-hydrogen) atoms. The van der Waals surface area contributed by atoms with Gasteiger partial charge in [-0.1, -0.05) is 12.1 Å². The minimum atomic E-state index is -1.08. The van der Waals surface area contributed by atoms with E-state index < -0.39 is 11.9 Å². The van der Waals surface area contributed by atoms with Crippen molar-refractivity contribution in [3.05, 3.63) is 77.4 Å². The van der Waals surface area contributed by atoms with E-state index in [-0.39, 0.29) is 11.4 Å². The number of thiocarbonyl (C=S) groups is 1. The van der Waals surface area contributed by atoms with Crippen molar-refractivity contribution in [2.75, 3.05) is 65.8 Å². The summed E-state index contributed by atoms with van der Waals surface area (Å²) >= 11 is 4.77. The number of hydrogen-bond donors (Lipinski definition) is 2. The number of pyridine rings is 2. The minimum Gasteiger partial charge on any atom is -0.488 e. The van der Waals surface area contributed by atoms with Crippen molar-refractivity contribution in [1.29, 1.82) is 0 Å². The van der Waals surface area contributed by atoms with E-state index >= 15 is 0 Å². The number of hydrogen-bond acceptors (Lipinski definition) is 12. The van der Waals surface area contributed by atoms with Crippen molar-refractivity contribution in [2.45, 2.75) is 13.1 Å². The lowest BCUT2D eigenvalue weighted by Gasteiger charge is -2.24. The molecule has 2 aromatic heterocycles. The third-order valence-corrected chi connectivity index (χ3v) is 6.82. The lowest BCUT2D eigenvalue weighted by atomic mass is 10.2. The van der Waals surface area contributed by atoms with Crippen LogP contribution in [0, 0.1) is 0 Å². The highest BCUT2D eigenvalue weighted by molar-refractivity contribution is 7.78. The summed E-state index contributed by atoms with van der Waals surface area (Å²) in [5, 5.41) is 21.0. The molecular weight excluding hydrogens is 602 g/mol. The molecule has 1 aromatic carbocycles. The number of aromatic carboxylic acids is 2. The van der Waals surface area contributed by atoms with Gasteiger partial charge in [0.1, 0.15) is 24.6 Å². The number of rotatable bonds is 7. The fourth-order valence-electron chi connectivity index (χ4n) is 4.50. The molecule has 1 aliphatic rings. The lowest BCUT2D eigenvalue weighted by molar-refractivity contribution is 0.0268. The summed E-state index contributed by atoms with van der Waals surface area (Å²) in [6.07, 6.45) is 0. The van der Waals surface area contributed by atoms with E-state index in [0.717, 1.165) is 0 Å². The average Bonchev–Trinajstić information content (AvgIpc) is 3.03. The Kier molecular flexibility index (Phi) is 13.3. The van der Waals surface area contributed by atoms with Gasteiger partial charge in [0.15, 0.2) is 11.5 Å². The number of benzene rings is 1. The molecule has 4 rings (SSSR count). The molecule has 3 heterocycles. The third kappa shape index (κ3) is 11.3. The SMILES string of the molecule is O=C(O)c1cccc(CN2CCOCCOCCN(Cc3cccc(C(=O)O)n3)CCOc3cc(N=C=S)ccc3OCC2)n1. The zero-order chi connectivity index (χ0) is 31.9. The van der Waals surface area contributed by atoms with Gasteiger partial charge in [-0.2, -0.15) is 4.99 Å². The predicted molar refractivity (Wildman–Crippen MR) is 167 cm³/mol. The van der Waals surface area contributed by atoms with Crippen LogP contribution in [-0.2, 0) is 22.6 Å². The van der Waals surface area contributed by atoms with E-state index in [0.29, 0.717) is 107 Å². The number of carbonyl (C=O) groups is 2. The summed E-state index contributed by atoms with van der Waals surface area (Å²) in [5.41, 5.74) is 1.79. The van der Waals surface area contributed by atoms with Gasteiger partial charge >= 0.3 is 11.9 Å². The van der Waals surface area contributed by atoms with E-state index in [9.17, 15) is 19.8 Å². The van der Waals surface area contributed by atoms with Gasteiger partial charge in [-0.15, -0.1) is 0 Å². The maximum absolute atomic E-state index is 11.4. The van der Waals surface area contributed by atoms with Crippen molar-refractivity contribution >= 4 is 35.0 Å². The number of isothiocyanates is 1. The Morgan fingerprint density at radius 1 is 0.733 bits per heavy atom. The fraction of sp³-hybridized carbons (Fsp3) is 0.387. The Hall–Kier alpha value is -4.30. The summed E-state index contributed by atoms with van der Waals surface area (Å²) < 4.78 is 23.9. The first-order valence-electron chi connectivity index (χ1n) is 14.4. The number of ether oxygens (including phenoxy) is 4. The largest absolute Gasteiger partial charge is 0.488 e. The van der Waals surface area contributed by atoms with E-state index in [2.05, 4.69) is 29.9 Å². The van der Waals surface area contributed by atoms with Gasteiger partial charge in [0, 0.05) is 45.3 Å². The summed E-state index contributed by atoms with van der Waals surface area (Å²) in [6, 6.07) is 15.1. The van der Waals surface area contributed by atoms with E-state index in [1.54, 1.807) is 42.5 Å². The molecule has 0 aliphatic carbocycles. The summed E-state index contributed by atoms with van der Waals surface area (Å²) in [5.74, 6) is -1.16. The highest BCUT2D eigenvalue weighted by Gasteiger charge is 2.15. The molecule has 1 aliphatic heterocycles. The van der Waals surface area contributed by atoms with Gasteiger partial charge in [0.25, 0.3) is 0 Å². The van der Waals surface area contributed by atoms with Crippen LogP contribution in [0.5, 0.6) is 11.5 Å². The predicted octanol–water partition coefficient (Wildman–Crippen LogP) is 3.42. The van der Waals surface area contributed by atoms with Gasteiger partial charge in [-0.25, -0.2) is 19.6 Å².